The summed E-state index contributed by atoms with van der Waals surface area (Å²) in [7, 11) is 0. The van der Waals surface area contributed by atoms with Crippen LogP contribution in [-0.4, -0.2) is 35.6 Å². The van der Waals surface area contributed by atoms with Crippen molar-refractivity contribution >= 4 is 0 Å². The SMILES string of the molecule is CCN(CC(C#N)(NC(C)C)C1CC1)C1CC1. The molecule has 0 amide bonds. The van der Waals surface area contributed by atoms with Crippen molar-refractivity contribution in [1.82, 2.24) is 10.2 Å². The van der Waals surface area contributed by atoms with Crippen LogP contribution in [0.25, 0.3) is 0 Å². The molecular formula is C14H25N3. The maximum Gasteiger partial charge on any atom is 0.122 e. The van der Waals surface area contributed by atoms with Gasteiger partial charge in [-0.05, 0) is 52.0 Å². The normalized spacial score (nSPS) is 23.8. The van der Waals surface area contributed by atoms with E-state index in [-0.39, 0.29) is 5.54 Å². The lowest BCUT2D eigenvalue weighted by Gasteiger charge is -2.35. The summed E-state index contributed by atoms with van der Waals surface area (Å²) in [6, 6.07) is 3.74. The average Bonchev–Trinajstić information content (AvgIpc) is 3.16. The van der Waals surface area contributed by atoms with Crippen molar-refractivity contribution in [1.29, 1.82) is 5.26 Å². The molecule has 0 spiro atoms. The van der Waals surface area contributed by atoms with Crippen molar-refractivity contribution < 1.29 is 0 Å². The summed E-state index contributed by atoms with van der Waals surface area (Å²) in [6.07, 6.45) is 5.08. The van der Waals surface area contributed by atoms with Crippen molar-refractivity contribution in [2.45, 2.75) is 64.1 Å². The maximum atomic E-state index is 9.64. The number of nitrogens with zero attached hydrogens (tertiary/aromatic N) is 2. The molecule has 3 heteroatoms. The molecule has 0 aromatic heterocycles. The van der Waals surface area contributed by atoms with E-state index >= 15 is 0 Å². The summed E-state index contributed by atoms with van der Waals surface area (Å²) in [4.78, 5) is 2.50. The van der Waals surface area contributed by atoms with Gasteiger partial charge in [-0.15, -0.1) is 0 Å². The van der Waals surface area contributed by atoms with Crippen LogP contribution in [0.2, 0.25) is 0 Å². The molecule has 0 aliphatic heterocycles. The monoisotopic (exact) mass is 235 g/mol. The van der Waals surface area contributed by atoms with Gasteiger partial charge < -0.3 is 0 Å². The molecule has 17 heavy (non-hydrogen) atoms. The molecular weight excluding hydrogens is 210 g/mol. The van der Waals surface area contributed by atoms with Gasteiger partial charge in [0, 0.05) is 18.6 Å². The van der Waals surface area contributed by atoms with Crippen molar-refractivity contribution in [2.75, 3.05) is 13.1 Å². The largest absolute Gasteiger partial charge is 0.298 e. The molecule has 96 valence electrons. The third-order valence-corrected chi connectivity index (χ3v) is 3.94. The summed E-state index contributed by atoms with van der Waals surface area (Å²) >= 11 is 0. The molecule has 0 saturated heterocycles. The quantitative estimate of drug-likeness (QED) is 0.735. The number of hydrogen-bond acceptors (Lipinski definition) is 3. The predicted octanol–water partition coefficient (Wildman–Crippen LogP) is 2.14. The van der Waals surface area contributed by atoms with Gasteiger partial charge in [0.25, 0.3) is 0 Å². The highest BCUT2D eigenvalue weighted by molar-refractivity contribution is 5.17. The van der Waals surface area contributed by atoms with Crippen molar-refractivity contribution in [3.8, 4) is 6.07 Å². The van der Waals surface area contributed by atoms with Gasteiger partial charge in [-0.3, -0.25) is 10.2 Å². The van der Waals surface area contributed by atoms with E-state index in [9.17, 15) is 5.26 Å². The molecule has 1 N–H and O–H groups in total. The Bertz CT molecular complexity index is 299. The van der Waals surface area contributed by atoms with Gasteiger partial charge in [-0.25, -0.2) is 0 Å². The summed E-state index contributed by atoms with van der Waals surface area (Å²) in [5.74, 6) is 0.572. The van der Waals surface area contributed by atoms with Gasteiger partial charge in [0.1, 0.15) is 5.54 Å². The van der Waals surface area contributed by atoms with E-state index in [0.717, 1.165) is 19.1 Å². The molecule has 0 aromatic carbocycles. The Morgan fingerprint density at radius 1 is 1.35 bits per heavy atom. The van der Waals surface area contributed by atoms with Crippen LogP contribution in [0.5, 0.6) is 0 Å². The van der Waals surface area contributed by atoms with Gasteiger partial charge in [-0.1, -0.05) is 6.92 Å². The molecule has 0 radical (unpaired) electrons. The summed E-state index contributed by atoms with van der Waals surface area (Å²) in [6.45, 7) is 8.47. The standard InChI is InChI=1S/C14H25N3/c1-4-17(13-7-8-13)10-14(9-15,12-5-6-12)16-11(2)3/h11-13,16H,4-8,10H2,1-3H3. The van der Waals surface area contributed by atoms with E-state index in [1.165, 1.54) is 25.7 Å². The molecule has 0 aromatic rings. The van der Waals surface area contributed by atoms with Crippen LogP contribution in [0, 0.1) is 17.2 Å². The summed E-state index contributed by atoms with van der Waals surface area (Å²) < 4.78 is 0. The number of rotatable bonds is 7. The van der Waals surface area contributed by atoms with Gasteiger partial charge in [0.05, 0.1) is 6.07 Å². The van der Waals surface area contributed by atoms with Crippen molar-refractivity contribution in [3.63, 3.8) is 0 Å². The first kappa shape index (κ1) is 12.9. The zero-order valence-electron chi connectivity index (χ0n) is 11.4. The fraction of sp³-hybridized carbons (Fsp3) is 0.929. The molecule has 2 aliphatic rings. The third-order valence-electron chi connectivity index (χ3n) is 3.94. The van der Waals surface area contributed by atoms with Crippen LogP contribution >= 0.6 is 0 Å². The smallest absolute Gasteiger partial charge is 0.122 e. The zero-order valence-corrected chi connectivity index (χ0v) is 11.4. The lowest BCUT2D eigenvalue weighted by atomic mass is 9.93. The molecule has 2 rings (SSSR count). The van der Waals surface area contributed by atoms with Crippen LogP contribution in [0.1, 0.15) is 46.5 Å². The van der Waals surface area contributed by atoms with Gasteiger partial charge >= 0.3 is 0 Å². The van der Waals surface area contributed by atoms with Gasteiger partial charge in [0.15, 0.2) is 0 Å². The highest BCUT2D eigenvalue weighted by Gasteiger charge is 2.48. The molecule has 2 aliphatic carbocycles. The highest BCUT2D eigenvalue weighted by Crippen LogP contribution is 2.41. The number of likely N-dealkylation sites (N-methyl/N-ethyl adjacent to an activating group) is 1. The zero-order chi connectivity index (χ0) is 12.5. The lowest BCUT2D eigenvalue weighted by Crippen LogP contribution is -2.57. The van der Waals surface area contributed by atoms with E-state index in [4.69, 9.17) is 0 Å². The van der Waals surface area contributed by atoms with E-state index in [1.54, 1.807) is 0 Å². The topological polar surface area (TPSA) is 39.1 Å². The van der Waals surface area contributed by atoms with Crippen LogP contribution in [-0.2, 0) is 0 Å². The first-order valence-electron chi connectivity index (χ1n) is 7.04. The Balaban J connectivity index is 2.05. The van der Waals surface area contributed by atoms with E-state index in [0.29, 0.717) is 12.0 Å². The van der Waals surface area contributed by atoms with Crippen LogP contribution < -0.4 is 5.32 Å². The molecule has 0 heterocycles. The fourth-order valence-corrected chi connectivity index (χ4v) is 2.80. The Morgan fingerprint density at radius 3 is 2.35 bits per heavy atom. The third kappa shape index (κ3) is 3.00. The number of hydrogen-bond donors (Lipinski definition) is 1. The lowest BCUT2D eigenvalue weighted by molar-refractivity contribution is 0.187. The summed E-state index contributed by atoms with van der Waals surface area (Å²) in [5.41, 5.74) is -0.299. The average molecular weight is 235 g/mol. The minimum Gasteiger partial charge on any atom is -0.298 e. The Morgan fingerprint density at radius 2 is 2.00 bits per heavy atom. The Labute approximate surface area is 105 Å². The minimum atomic E-state index is -0.299. The molecule has 2 saturated carbocycles. The molecule has 1 unspecified atom stereocenters. The predicted molar refractivity (Wildman–Crippen MR) is 69.6 cm³/mol. The second kappa shape index (κ2) is 4.96. The van der Waals surface area contributed by atoms with E-state index in [2.05, 4.69) is 37.1 Å². The van der Waals surface area contributed by atoms with Crippen LogP contribution in [0.15, 0.2) is 0 Å². The molecule has 3 nitrogen and oxygen atoms in total. The second-order valence-electron chi connectivity index (χ2n) is 5.95. The molecule has 1 atom stereocenters. The van der Waals surface area contributed by atoms with Crippen molar-refractivity contribution in [2.24, 2.45) is 5.92 Å². The second-order valence-corrected chi connectivity index (χ2v) is 5.95. The van der Waals surface area contributed by atoms with Crippen LogP contribution in [0.4, 0.5) is 0 Å². The van der Waals surface area contributed by atoms with E-state index in [1.807, 2.05) is 0 Å². The highest BCUT2D eigenvalue weighted by atomic mass is 15.2. The first-order valence-corrected chi connectivity index (χ1v) is 7.04. The maximum absolute atomic E-state index is 9.64. The fourth-order valence-electron chi connectivity index (χ4n) is 2.80. The molecule has 0 bridgehead atoms. The summed E-state index contributed by atoms with van der Waals surface area (Å²) in [5, 5.41) is 13.2. The Hall–Kier alpha value is -0.590. The number of nitrogens with one attached hydrogen (secondary N) is 1. The first-order chi connectivity index (χ1) is 8.11. The van der Waals surface area contributed by atoms with Crippen LogP contribution in [0.3, 0.4) is 0 Å². The van der Waals surface area contributed by atoms with Gasteiger partial charge in [-0.2, -0.15) is 5.26 Å². The van der Waals surface area contributed by atoms with Crippen molar-refractivity contribution in [3.05, 3.63) is 0 Å². The minimum absolute atomic E-state index is 0.299. The number of nitriles is 1. The Kier molecular flexibility index (Phi) is 3.75. The van der Waals surface area contributed by atoms with E-state index < -0.39 is 0 Å². The van der Waals surface area contributed by atoms with Gasteiger partial charge in [0.2, 0.25) is 0 Å². The molecule has 2 fully saturated rings.